The van der Waals surface area contributed by atoms with E-state index >= 15 is 0 Å². The van der Waals surface area contributed by atoms with Gasteiger partial charge in [0.1, 0.15) is 27.8 Å². The largest absolute Gasteiger partial charge is 0.497 e. The predicted octanol–water partition coefficient (Wildman–Crippen LogP) is 3.56. The Morgan fingerprint density at radius 2 is 1.57 bits per heavy atom. The van der Waals surface area contributed by atoms with Gasteiger partial charge in [0.25, 0.3) is 0 Å². The fraction of sp³-hybridized carbons (Fsp3) is 0.250. The first-order valence-electron chi connectivity index (χ1n) is 6.34. The number of rotatable bonds is 5. The van der Waals surface area contributed by atoms with Gasteiger partial charge < -0.3 is 19.3 Å². The molecule has 0 radical (unpaired) electrons. The van der Waals surface area contributed by atoms with Gasteiger partial charge >= 0.3 is 0 Å². The van der Waals surface area contributed by atoms with E-state index in [0.717, 1.165) is 11.3 Å². The highest BCUT2D eigenvalue weighted by Crippen LogP contribution is 2.41. The summed E-state index contributed by atoms with van der Waals surface area (Å²) in [5, 5.41) is 10.6. The van der Waals surface area contributed by atoms with Crippen LogP contribution in [0.5, 0.6) is 17.2 Å². The van der Waals surface area contributed by atoms with Crippen molar-refractivity contribution in [1.29, 1.82) is 0 Å². The molecule has 1 atom stereocenters. The lowest BCUT2D eigenvalue weighted by Crippen LogP contribution is -2.03. The quantitative estimate of drug-likeness (QED) is 0.893. The molecule has 0 aliphatic rings. The summed E-state index contributed by atoms with van der Waals surface area (Å²) >= 11 is 3.44. The lowest BCUT2D eigenvalue weighted by Gasteiger charge is -2.18. The molecule has 2 aromatic carbocycles. The van der Waals surface area contributed by atoms with Gasteiger partial charge in [0.15, 0.2) is 0 Å². The molecule has 21 heavy (non-hydrogen) atoms. The first-order chi connectivity index (χ1) is 10.1. The highest BCUT2D eigenvalue weighted by atomic mass is 79.9. The van der Waals surface area contributed by atoms with Crippen molar-refractivity contribution in [2.24, 2.45) is 0 Å². The van der Waals surface area contributed by atoms with Crippen LogP contribution in [0.1, 0.15) is 17.2 Å². The molecule has 0 heterocycles. The molecule has 112 valence electrons. The Morgan fingerprint density at radius 1 is 0.905 bits per heavy atom. The van der Waals surface area contributed by atoms with Crippen molar-refractivity contribution in [3.63, 3.8) is 0 Å². The Kier molecular flexibility index (Phi) is 5.09. The molecule has 2 rings (SSSR count). The highest BCUT2D eigenvalue weighted by Gasteiger charge is 2.20. The summed E-state index contributed by atoms with van der Waals surface area (Å²) in [6.07, 6.45) is -0.798. The topological polar surface area (TPSA) is 47.9 Å². The molecule has 5 heteroatoms. The van der Waals surface area contributed by atoms with E-state index in [4.69, 9.17) is 14.2 Å². The number of halogens is 1. The molecule has 1 N–H and O–H groups in total. The Labute approximate surface area is 132 Å². The van der Waals surface area contributed by atoms with Gasteiger partial charge in [0.05, 0.1) is 21.3 Å². The number of aliphatic hydroxyl groups excluding tert-OH is 1. The Bertz CT molecular complexity index is 610. The van der Waals surface area contributed by atoms with Crippen molar-refractivity contribution in [2.45, 2.75) is 6.10 Å². The molecule has 0 bridgehead atoms. The third-order valence-electron chi connectivity index (χ3n) is 3.24. The third-order valence-corrected chi connectivity index (χ3v) is 3.99. The molecular weight excluding hydrogens is 336 g/mol. The van der Waals surface area contributed by atoms with Crippen molar-refractivity contribution in [1.82, 2.24) is 0 Å². The molecule has 0 amide bonds. The van der Waals surface area contributed by atoms with Gasteiger partial charge in [-0.25, -0.2) is 0 Å². The maximum absolute atomic E-state index is 10.6. The van der Waals surface area contributed by atoms with Gasteiger partial charge in [-0.2, -0.15) is 0 Å². The van der Waals surface area contributed by atoms with Crippen LogP contribution in [0.4, 0.5) is 0 Å². The van der Waals surface area contributed by atoms with Crippen LogP contribution in [0, 0.1) is 0 Å². The summed E-state index contributed by atoms with van der Waals surface area (Å²) in [7, 11) is 4.75. The zero-order valence-electron chi connectivity index (χ0n) is 12.1. The van der Waals surface area contributed by atoms with Gasteiger partial charge in [-0.15, -0.1) is 0 Å². The standard InChI is InChI=1S/C16H17BrO4/c1-19-11-6-4-10(5-7-11)15(18)12-8-9-13(20-2)14(17)16(12)21-3/h4-9,15,18H,1-3H3. The molecule has 0 aromatic heterocycles. The number of hydrogen-bond acceptors (Lipinski definition) is 4. The number of benzene rings is 2. The summed E-state index contributed by atoms with van der Waals surface area (Å²) in [6.45, 7) is 0. The van der Waals surface area contributed by atoms with Crippen LogP contribution in [-0.2, 0) is 0 Å². The number of hydrogen-bond donors (Lipinski definition) is 1. The van der Waals surface area contributed by atoms with Gasteiger partial charge in [-0.05, 0) is 45.8 Å². The molecule has 0 saturated heterocycles. The lowest BCUT2D eigenvalue weighted by atomic mass is 10.0. The minimum atomic E-state index is -0.798. The van der Waals surface area contributed by atoms with Crippen molar-refractivity contribution < 1.29 is 19.3 Å². The van der Waals surface area contributed by atoms with Crippen LogP contribution in [-0.4, -0.2) is 26.4 Å². The van der Waals surface area contributed by atoms with E-state index in [-0.39, 0.29) is 0 Å². The van der Waals surface area contributed by atoms with E-state index in [2.05, 4.69) is 15.9 Å². The van der Waals surface area contributed by atoms with E-state index in [1.165, 1.54) is 0 Å². The van der Waals surface area contributed by atoms with Crippen LogP contribution < -0.4 is 14.2 Å². The van der Waals surface area contributed by atoms with E-state index in [0.29, 0.717) is 21.5 Å². The molecular formula is C16H17BrO4. The smallest absolute Gasteiger partial charge is 0.142 e. The summed E-state index contributed by atoms with van der Waals surface area (Å²) in [5.41, 5.74) is 1.42. The van der Waals surface area contributed by atoms with Gasteiger partial charge in [-0.3, -0.25) is 0 Å². The number of aliphatic hydroxyl groups is 1. The summed E-state index contributed by atoms with van der Waals surface area (Å²) < 4.78 is 16.4. The second kappa shape index (κ2) is 6.83. The minimum absolute atomic E-state index is 0.553. The van der Waals surface area contributed by atoms with Crippen LogP contribution in [0.15, 0.2) is 40.9 Å². The Balaban J connectivity index is 2.42. The maximum Gasteiger partial charge on any atom is 0.142 e. The zero-order chi connectivity index (χ0) is 15.4. The molecule has 1 unspecified atom stereocenters. The SMILES string of the molecule is COc1ccc(C(O)c2ccc(OC)c(Br)c2OC)cc1. The second-order valence-corrected chi connectivity index (χ2v) is 5.17. The Morgan fingerprint density at radius 3 is 2.10 bits per heavy atom. The van der Waals surface area contributed by atoms with Crippen molar-refractivity contribution >= 4 is 15.9 Å². The van der Waals surface area contributed by atoms with Crippen LogP contribution in [0.2, 0.25) is 0 Å². The third kappa shape index (κ3) is 3.14. The summed E-state index contributed by atoms with van der Waals surface area (Å²) in [4.78, 5) is 0. The first kappa shape index (κ1) is 15.7. The van der Waals surface area contributed by atoms with Gasteiger partial charge in [0.2, 0.25) is 0 Å². The second-order valence-electron chi connectivity index (χ2n) is 4.38. The fourth-order valence-corrected chi connectivity index (χ4v) is 2.78. The average molecular weight is 353 g/mol. The summed E-state index contributed by atoms with van der Waals surface area (Å²) in [5.74, 6) is 1.95. The van der Waals surface area contributed by atoms with E-state index in [1.54, 1.807) is 33.5 Å². The van der Waals surface area contributed by atoms with E-state index in [1.807, 2.05) is 24.3 Å². The molecule has 4 nitrogen and oxygen atoms in total. The minimum Gasteiger partial charge on any atom is -0.497 e. The van der Waals surface area contributed by atoms with E-state index in [9.17, 15) is 5.11 Å². The molecule has 0 aliphatic heterocycles. The Hall–Kier alpha value is -1.72. The molecule has 0 spiro atoms. The zero-order valence-corrected chi connectivity index (χ0v) is 13.7. The van der Waals surface area contributed by atoms with Crippen molar-refractivity contribution in [3.8, 4) is 17.2 Å². The van der Waals surface area contributed by atoms with Crippen molar-refractivity contribution in [2.75, 3.05) is 21.3 Å². The average Bonchev–Trinajstić information content (AvgIpc) is 2.54. The van der Waals surface area contributed by atoms with E-state index < -0.39 is 6.10 Å². The lowest BCUT2D eigenvalue weighted by molar-refractivity contribution is 0.214. The number of methoxy groups -OCH3 is 3. The highest BCUT2D eigenvalue weighted by molar-refractivity contribution is 9.10. The molecule has 0 saturated carbocycles. The molecule has 0 aliphatic carbocycles. The predicted molar refractivity (Wildman–Crippen MR) is 84.3 cm³/mol. The molecule has 0 fully saturated rings. The van der Waals surface area contributed by atoms with Crippen LogP contribution >= 0.6 is 15.9 Å². The first-order valence-corrected chi connectivity index (χ1v) is 7.14. The summed E-state index contributed by atoms with van der Waals surface area (Å²) in [6, 6.07) is 10.8. The van der Waals surface area contributed by atoms with Crippen LogP contribution in [0.3, 0.4) is 0 Å². The normalized spacial score (nSPS) is 11.9. The maximum atomic E-state index is 10.6. The monoisotopic (exact) mass is 352 g/mol. The van der Waals surface area contributed by atoms with Gasteiger partial charge in [0, 0.05) is 5.56 Å². The molecule has 2 aromatic rings. The number of ether oxygens (including phenoxy) is 3. The van der Waals surface area contributed by atoms with Crippen LogP contribution in [0.25, 0.3) is 0 Å². The van der Waals surface area contributed by atoms with Crippen molar-refractivity contribution in [3.05, 3.63) is 52.0 Å². The van der Waals surface area contributed by atoms with Gasteiger partial charge in [-0.1, -0.05) is 12.1 Å². The fourth-order valence-electron chi connectivity index (χ4n) is 2.10.